The van der Waals surface area contributed by atoms with Crippen molar-refractivity contribution in [3.63, 3.8) is 0 Å². The predicted octanol–water partition coefficient (Wildman–Crippen LogP) is 7.62. The first-order valence-electron chi connectivity index (χ1n) is 11.5. The summed E-state index contributed by atoms with van der Waals surface area (Å²) in [6, 6.07) is 39.5. The number of Topliss-reactive ketones (excluding diaryl/α,β-unsaturated/α-hetero) is 2. The molecule has 0 atom stereocenters. The van der Waals surface area contributed by atoms with Gasteiger partial charge in [0.1, 0.15) is 0 Å². The minimum absolute atomic E-state index is 0.408. The second-order valence-electron chi connectivity index (χ2n) is 8.53. The number of benzene rings is 5. The fourth-order valence-electron chi connectivity index (χ4n) is 4.72. The van der Waals surface area contributed by atoms with Crippen LogP contribution in [0.1, 0.15) is 21.5 Å². The van der Waals surface area contributed by atoms with Gasteiger partial charge in [-0.1, -0.05) is 78.9 Å². The second kappa shape index (κ2) is 8.54. The standard InChI is InChI=1S/C32H21NO2/c34-31-28-20-23-12-8-7-11-22(23)19-24(28)21-29(32(31)35)27-17-9-10-18-30(27)33(25-13-3-1-4-14-25)26-15-5-2-6-16-26/h1-21H. The third-order valence-corrected chi connectivity index (χ3v) is 6.38. The molecule has 3 heteroatoms. The van der Waals surface area contributed by atoms with E-state index in [1.807, 2.05) is 127 Å². The normalized spacial score (nSPS) is 12.9. The number of anilines is 3. The van der Waals surface area contributed by atoms with E-state index in [9.17, 15) is 9.59 Å². The van der Waals surface area contributed by atoms with E-state index < -0.39 is 11.6 Å². The van der Waals surface area contributed by atoms with E-state index in [2.05, 4.69) is 4.90 Å². The number of allylic oxidation sites excluding steroid dienone is 1. The van der Waals surface area contributed by atoms with Crippen LogP contribution in [0.4, 0.5) is 17.1 Å². The van der Waals surface area contributed by atoms with Gasteiger partial charge in [-0.25, -0.2) is 0 Å². The molecule has 0 saturated heterocycles. The molecule has 0 aromatic heterocycles. The van der Waals surface area contributed by atoms with Gasteiger partial charge in [0.15, 0.2) is 0 Å². The minimum atomic E-state index is -0.485. The Morgan fingerprint density at radius 3 is 1.69 bits per heavy atom. The molecule has 35 heavy (non-hydrogen) atoms. The van der Waals surface area contributed by atoms with Crippen LogP contribution in [0, 0.1) is 0 Å². The Morgan fingerprint density at radius 1 is 0.486 bits per heavy atom. The number of para-hydroxylation sites is 3. The smallest absolute Gasteiger partial charge is 0.234 e. The van der Waals surface area contributed by atoms with Gasteiger partial charge in [-0.05, 0) is 64.9 Å². The fraction of sp³-hybridized carbons (Fsp3) is 0. The van der Waals surface area contributed by atoms with E-state index in [-0.39, 0.29) is 0 Å². The van der Waals surface area contributed by atoms with Gasteiger partial charge in [0.25, 0.3) is 0 Å². The number of hydrogen-bond donors (Lipinski definition) is 0. The zero-order valence-electron chi connectivity index (χ0n) is 18.9. The van der Waals surface area contributed by atoms with E-state index in [1.54, 1.807) is 0 Å². The maximum absolute atomic E-state index is 13.4. The molecule has 0 radical (unpaired) electrons. The highest BCUT2D eigenvalue weighted by molar-refractivity contribution is 6.62. The lowest BCUT2D eigenvalue weighted by Gasteiger charge is -2.28. The highest BCUT2D eigenvalue weighted by Crippen LogP contribution is 2.41. The molecule has 1 aliphatic rings. The number of carbonyl (C=O) groups is 2. The molecule has 0 bridgehead atoms. The second-order valence-corrected chi connectivity index (χ2v) is 8.53. The van der Waals surface area contributed by atoms with E-state index in [1.165, 1.54) is 0 Å². The van der Waals surface area contributed by atoms with Crippen LogP contribution in [0.2, 0.25) is 0 Å². The predicted molar refractivity (Wildman–Crippen MR) is 142 cm³/mol. The first-order chi connectivity index (χ1) is 17.2. The molecule has 0 spiro atoms. The topological polar surface area (TPSA) is 37.4 Å². The number of nitrogens with zero attached hydrogens (tertiary/aromatic N) is 1. The average molecular weight is 452 g/mol. The van der Waals surface area contributed by atoms with Crippen LogP contribution < -0.4 is 4.90 Å². The Bertz CT molecular complexity index is 1580. The molecule has 0 saturated carbocycles. The van der Waals surface area contributed by atoms with Crippen LogP contribution in [0.5, 0.6) is 0 Å². The first-order valence-corrected chi connectivity index (χ1v) is 11.5. The van der Waals surface area contributed by atoms with Crippen molar-refractivity contribution in [3.05, 3.63) is 138 Å². The number of fused-ring (bicyclic) bond motifs is 2. The van der Waals surface area contributed by atoms with Gasteiger partial charge < -0.3 is 4.90 Å². The lowest BCUT2D eigenvalue weighted by molar-refractivity contribution is -0.110. The lowest BCUT2D eigenvalue weighted by atomic mass is 9.84. The molecule has 3 nitrogen and oxygen atoms in total. The van der Waals surface area contributed by atoms with Crippen molar-refractivity contribution in [3.8, 4) is 0 Å². The quantitative estimate of drug-likeness (QED) is 0.264. The Balaban J connectivity index is 1.57. The van der Waals surface area contributed by atoms with Crippen LogP contribution in [0.3, 0.4) is 0 Å². The Hall–Kier alpha value is -4.76. The third-order valence-electron chi connectivity index (χ3n) is 6.38. The van der Waals surface area contributed by atoms with Gasteiger partial charge in [-0.2, -0.15) is 0 Å². The average Bonchev–Trinajstić information content (AvgIpc) is 2.92. The number of rotatable bonds is 4. The molecule has 0 unspecified atom stereocenters. The van der Waals surface area contributed by atoms with Crippen LogP contribution in [-0.2, 0) is 4.79 Å². The fourth-order valence-corrected chi connectivity index (χ4v) is 4.72. The summed E-state index contributed by atoms with van der Waals surface area (Å²) in [5.41, 5.74) is 5.12. The molecule has 6 rings (SSSR count). The van der Waals surface area contributed by atoms with Crippen LogP contribution in [0.15, 0.2) is 121 Å². The number of ketones is 2. The van der Waals surface area contributed by atoms with Crippen molar-refractivity contribution in [1.29, 1.82) is 0 Å². The van der Waals surface area contributed by atoms with Crippen molar-refractivity contribution in [2.45, 2.75) is 0 Å². The lowest BCUT2D eigenvalue weighted by Crippen LogP contribution is -2.22. The molecular formula is C32H21NO2. The monoisotopic (exact) mass is 451 g/mol. The summed E-state index contributed by atoms with van der Waals surface area (Å²) < 4.78 is 0. The minimum Gasteiger partial charge on any atom is -0.310 e. The Kier molecular flexibility index (Phi) is 5.08. The summed E-state index contributed by atoms with van der Waals surface area (Å²) >= 11 is 0. The molecule has 5 aromatic rings. The van der Waals surface area contributed by atoms with Gasteiger partial charge in [0.05, 0.1) is 5.69 Å². The third kappa shape index (κ3) is 3.64. The maximum Gasteiger partial charge on any atom is 0.234 e. The zero-order chi connectivity index (χ0) is 23.8. The summed E-state index contributed by atoms with van der Waals surface area (Å²) in [6.45, 7) is 0. The molecule has 1 aliphatic carbocycles. The largest absolute Gasteiger partial charge is 0.310 e. The van der Waals surface area contributed by atoms with Crippen molar-refractivity contribution < 1.29 is 9.59 Å². The number of carbonyl (C=O) groups excluding carboxylic acids is 2. The molecule has 0 amide bonds. The van der Waals surface area contributed by atoms with Crippen LogP contribution >= 0.6 is 0 Å². The summed E-state index contributed by atoms with van der Waals surface area (Å²) in [5, 5.41) is 1.98. The van der Waals surface area contributed by atoms with Gasteiger partial charge in [0, 0.05) is 28.1 Å². The van der Waals surface area contributed by atoms with Crippen LogP contribution in [-0.4, -0.2) is 11.6 Å². The van der Waals surface area contributed by atoms with E-state index >= 15 is 0 Å². The molecule has 5 aromatic carbocycles. The van der Waals surface area contributed by atoms with Crippen molar-refractivity contribution >= 4 is 51.1 Å². The van der Waals surface area contributed by atoms with Gasteiger partial charge in [-0.3, -0.25) is 9.59 Å². The van der Waals surface area contributed by atoms with Crippen LogP contribution in [0.25, 0.3) is 22.4 Å². The Morgan fingerprint density at radius 2 is 1.03 bits per heavy atom. The summed E-state index contributed by atoms with van der Waals surface area (Å²) in [6.07, 6.45) is 1.86. The summed E-state index contributed by atoms with van der Waals surface area (Å²) in [4.78, 5) is 28.8. The highest BCUT2D eigenvalue weighted by Gasteiger charge is 2.31. The summed E-state index contributed by atoms with van der Waals surface area (Å²) in [7, 11) is 0. The first kappa shape index (κ1) is 20.8. The molecular weight excluding hydrogens is 430 g/mol. The molecule has 0 fully saturated rings. The Labute approximate surface area is 203 Å². The maximum atomic E-state index is 13.4. The highest BCUT2D eigenvalue weighted by atomic mass is 16.2. The van der Waals surface area contributed by atoms with Crippen molar-refractivity contribution in [2.24, 2.45) is 0 Å². The molecule has 0 N–H and O–H groups in total. The molecule has 166 valence electrons. The van der Waals surface area contributed by atoms with Crippen molar-refractivity contribution in [2.75, 3.05) is 4.90 Å². The number of hydrogen-bond acceptors (Lipinski definition) is 3. The zero-order valence-corrected chi connectivity index (χ0v) is 18.9. The van der Waals surface area contributed by atoms with E-state index in [4.69, 9.17) is 0 Å². The summed E-state index contributed by atoms with van der Waals surface area (Å²) in [5.74, 6) is -0.953. The molecule has 0 aliphatic heterocycles. The SMILES string of the molecule is O=C1C(=O)c2cc3ccccc3cc2C=C1c1ccccc1N(c1ccccc1)c1ccccc1. The molecule has 0 heterocycles. The van der Waals surface area contributed by atoms with Gasteiger partial charge >= 0.3 is 0 Å². The van der Waals surface area contributed by atoms with E-state index in [0.717, 1.165) is 39.0 Å². The van der Waals surface area contributed by atoms with Gasteiger partial charge in [-0.15, -0.1) is 0 Å². The van der Waals surface area contributed by atoms with E-state index in [0.29, 0.717) is 11.1 Å². The van der Waals surface area contributed by atoms with Gasteiger partial charge in [0.2, 0.25) is 11.6 Å². The van der Waals surface area contributed by atoms with Crippen molar-refractivity contribution in [1.82, 2.24) is 0 Å².